The van der Waals surface area contributed by atoms with E-state index in [1.807, 2.05) is 18.5 Å². The molecule has 0 saturated carbocycles. The van der Waals surface area contributed by atoms with Crippen molar-refractivity contribution in [2.75, 3.05) is 32.9 Å². The molecule has 2 N–H and O–H groups in total. The second kappa shape index (κ2) is 14.4. The first-order valence-electron chi connectivity index (χ1n) is 10.6. The summed E-state index contributed by atoms with van der Waals surface area (Å²) in [6, 6.07) is 10.5. The van der Waals surface area contributed by atoms with Crippen LogP contribution in [0.15, 0.2) is 47.7 Å². The summed E-state index contributed by atoms with van der Waals surface area (Å²) in [5.41, 5.74) is 1.33. The van der Waals surface area contributed by atoms with E-state index in [9.17, 15) is 0 Å². The predicted molar refractivity (Wildman–Crippen MR) is 130 cm³/mol. The number of imidazole rings is 1. The maximum absolute atomic E-state index is 5.80. The Morgan fingerprint density at radius 3 is 2.93 bits per heavy atom. The third-order valence-electron chi connectivity index (χ3n) is 4.86. The van der Waals surface area contributed by atoms with Crippen LogP contribution in [0.3, 0.4) is 0 Å². The lowest BCUT2D eigenvalue weighted by Gasteiger charge is -2.13. The van der Waals surface area contributed by atoms with Crippen molar-refractivity contribution < 1.29 is 9.47 Å². The topological polar surface area (TPSA) is 72.7 Å². The molecule has 2 heterocycles. The lowest BCUT2D eigenvalue weighted by molar-refractivity contribution is 0.0420. The number of nitrogens with zero attached hydrogens (tertiary/aromatic N) is 3. The highest BCUT2D eigenvalue weighted by atomic mass is 127. The molecule has 3 rings (SSSR count). The quantitative estimate of drug-likeness (QED) is 0.204. The van der Waals surface area contributed by atoms with Gasteiger partial charge in [-0.3, -0.25) is 0 Å². The van der Waals surface area contributed by atoms with Crippen molar-refractivity contribution in [1.29, 1.82) is 0 Å². The molecular weight excluding hydrogens is 493 g/mol. The van der Waals surface area contributed by atoms with Gasteiger partial charge in [-0.05, 0) is 31.7 Å². The predicted octanol–water partition coefficient (Wildman–Crippen LogP) is 2.99. The number of ether oxygens (including phenoxy) is 2. The molecule has 166 valence electrons. The fraction of sp³-hybridized carbons (Fsp3) is 0.545. The van der Waals surface area contributed by atoms with Crippen molar-refractivity contribution in [3.05, 3.63) is 54.1 Å². The summed E-state index contributed by atoms with van der Waals surface area (Å²) < 4.78 is 13.3. The van der Waals surface area contributed by atoms with Crippen LogP contribution in [0.25, 0.3) is 0 Å². The van der Waals surface area contributed by atoms with Gasteiger partial charge in [0.05, 0.1) is 12.7 Å². The Bertz CT molecular complexity index is 732. The summed E-state index contributed by atoms with van der Waals surface area (Å²) in [5, 5.41) is 6.67. The Hall–Kier alpha value is -1.65. The normalized spacial score (nSPS) is 16.3. The van der Waals surface area contributed by atoms with Crippen LogP contribution >= 0.6 is 24.0 Å². The zero-order chi connectivity index (χ0) is 20.2. The number of aliphatic imine (C=N–C) groups is 1. The Morgan fingerprint density at radius 1 is 1.30 bits per heavy atom. The molecule has 0 amide bonds. The summed E-state index contributed by atoms with van der Waals surface area (Å²) in [7, 11) is 0. The maximum atomic E-state index is 5.80. The molecule has 1 saturated heterocycles. The van der Waals surface area contributed by atoms with Gasteiger partial charge >= 0.3 is 0 Å². The fourth-order valence-corrected chi connectivity index (χ4v) is 3.25. The standard InChI is InChI=1S/C22H33N5O2.HI/c1-2-23-22(25-11-6-15-29-20-10-16-28-18-20)26-17-21-24-12-14-27(21)13-9-19-7-4-3-5-8-19;/h3-5,7-8,12,14,20H,2,6,9-11,13,15-18H2,1H3,(H2,23,25,26);1H. The number of rotatable bonds is 11. The highest BCUT2D eigenvalue weighted by Crippen LogP contribution is 2.08. The fourth-order valence-electron chi connectivity index (χ4n) is 3.25. The van der Waals surface area contributed by atoms with E-state index < -0.39 is 0 Å². The molecule has 0 aliphatic carbocycles. The van der Waals surface area contributed by atoms with Gasteiger partial charge < -0.3 is 24.7 Å². The molecule has 7 nitrogen and oxygen atoms in total. The lowest BCUT2D eigenvalue weighted by Crippen LogP contribution is -2.38. The van der Waals surface area contributed by atoms with Crippen LogP contribution in [0.2, 0.25) is 0 Å². The zero-order valence-electron chi connectivity index (χ0n) is 17.8. The zero-order valence-corrected chi connectivity index (χ0v) is 20.1. The SMILES string of the molecule is CCNC(=NCc1nccn1CCc1ccccc1)NCCCOC1CCOC1.I. The van der Waals surface area contributed by atoms with Gasteiger partial charge in [0.1, 0.15) is 12.4 Å². The molecule has 0 spiro atoms. The smallest absolute Gasteiger partial charge is 0.191 e. The molecular formula is C22H34IN5O2. The van der Waals surface area contributed by atoms with Crippen LogP contribution in [0.4, 0.5) is 0 Å². The third kappa shape index (κ3) is 8.61. The molecule has 2 aromatic rings. The monoisotopic (exact) mass is 527 g/mol. The van der Waals surface area contributed by atoms with Crippen LogP contribution < -0.4 is 10.6 Å². The van der Waals surface area contributed by atoms with E-state index in [-0.39, 0.29) is 30.1 Å². The summed E-state index contributed by atoms with van der Waals surface area (Å²) in [6.07, 6.45) is 7.07. The summed E-state index contributed by atoms with van der Waals surface area (Å²) in [4.78, 5) is 9.18. The Morgan fingerprint density at radius 2 is 2.17 bits per heavy atom. The number of halogens is 1. The van der Waals surface area contributed by atoms with Crippen molar-refractivity contribution in [3.8, 4) is 0 Å². The average Bonchev–Trinajstić information content (AvgIpc) is 3.43. The highest BCUT2D eigenvalue weighted by Gasteiger charge is 2.15. The van der Waals surface area contributed by atoms with E-state index in [0.29, 0.717) is 6.54 Å². The minimum Gasteiger partial charge on any atom is -0.379 e. The number of benzene rings is 1. The number of aryl methyl sites for hydroxylation is 2. The van der Waals surface area contributed by atoms with Crippen molar-refractivity contribution in [2.45, 2.75) is 45.4 Å². The number of aromatic nitrogens is 2. The lowest BCUT2D eigenvalue weighted by atomic mass is 10.1. The first kappa shape index (κ1) is 24.6. The van der Waals surface area contributed by atoms with Crippen LogP contribution in [-0.2, 0) is 29.0 Å². The molecule has 30 heavy (non-hydrogen) atoms. The first-order chi connectivity index (χ1) is 14.3. The van der Waals surface area contributed by atoms with Crippen molar-refractivity contribution in [2.24, 2.45) is 4.99 Å². The molecule has 1 aliphatic heterocycles. The number of hydrogen-bond donors (Lipinski definition) is 2. The molecule has 1 atom stereocenters. The molecule has 1 aromatic heterocycles. The molecule has 0 bridgehead atoms. The minimum atomic E-state index is 0. The van der Waals surface area contributed by atoms with Gasteiger partial charge in [0.2, 0.25) is 0 Å². The van der Waals surface area contributed by atoms with Gasteiger partial charge in [0.25, 0.3) is 0 Å². The Balaban J connectivity index is 0.00000320. The molecule has 1 aromatic carbocycles. The van der Waals surface area contributed by atoms with Crippen molar-refractivity contribution in [3.63, 3.8) is 0 Å². The highest BCUT2D eigenvalue weighted by molar-refractivity contribution is 14.0. The van der Waals surface area contributed by atoms with Crippen LogP contribution in [0.5, 0.6) is 0 Å². The van der Waals surface area contributed by atoms with E-state index in [0.717, 1.165) is 70.5 Å². The van der Waals surface area contributed by atoms with Crippen molar-refractivity contribution in [1.82, 2.24) is 20.2 Å². The van der Waals surface area contributed by atoms with Gasteiger partial charge in [0.15, 0.2) is 5.96 Å². The number of nitrogens with one attached hydrogen (secondary N) is 2. The number of guanidine groups is 1. The van der Waals surface area contributed by atoms with Crippen LogP contribution in [0.1, 0.15) is 31.2 Å². The van der Waals surface area contributed by atoms with Crippen molar-refractivity contribution >= 4 is 29.9 Å². The molecule has 8 heteroatoms. The first-order valence-corrected chi connectivity index (χ1v) is 10.6. The largest absolute Gasteiger partial charge is 0.379 e. The summed E-state index contributed by atoms with van der Waals surface area (Å²) >= 11 is 0. The molecule has 0 radical (unpaired) electrons. The second-order valence-corrected chi connectivity index (χ2v) is 7.10. The maximum Gasteiger partial charge on any atom is 0.191 e. The summed E-state index contributed by atoms with van der Waals surface area (Å²) in [5.74, 6) is 1.79. The Labute approximate surface area is 196 Å². The van der Waals surface area contributed by atoms with Gasteiger partial charge in [-0.15, -0.1) is 24.0 Å². The minimum absolute atomic E-state index is 0. The summed E-state index contributed by atoms with van der Waals surface area (Å²) in [6.45, 7) is 7.46. The Kier molecular flexibility index (Phi) is 11.8. The van der Waals surface area contributed by atoms with Crippen LogP contribution in [0, 0.1) is 0 Å². The van der Waals surface area contributed by atoms with E-state index in [1.54, 1.807) is 0 Å². The molecule has 1 aliphatic rings. The van der Waals surface area contributed by atoms with Crippen LogP contribution in [-0.4, -0.2) is 54.5 Å². The number of hydrogen-bond acceptors (Lipinski definition) is 4. The van der Waals surface area contributed by atoms with E-state index in [1.165, 1.54) is 5.56 Å². The third-order valence-corrected chi connectivity index (χ3v) is 4.86. The van der Waals surface area contributed by atoms with Gasteiger partial charge in [-0.25, -0.2) is 9.98 Å². The average molecular weight is 527 g/mol. The van der Waals surface area contributed by atoms with Gasteiger partial charge in [0, 0.05) is 45.2 Å². The second-order valence-electron chi connectivity index (χ2n) is 7.10. The molecule has 1 fully saturated rings. The van der Waals surface area contributed by atoms with Gasteiger partial charge in [-0.2, -0.15) is 0 Å². The molecule has 1 unspecified atom stereocenters. The van der Waals surface area contributed by atoms with E-state index >= 15 is 0 Å². The van der Waals surface area contributed by atoms with E-state index in [2.05, 4.69) is 51.4 Å². The van der Waals surface area contributed by atoms with E-state index in [4.69, 9.17) is 14.5 Å². The van der Waals surface area contributed by atoms with Gasteiger partial charge in [-0.1, -0.05) is 30.3 Å².